The minimum atomic E-state index is 0.430. The Morgan fingerprint density at radius 2 is 2.20 bits per heavy atom. The van der Waals surface area contributed by atoms with Crippen LogP contribution in [-0.4, -0.2) is 61.4 Å². The summed E-state index contributed by atoms with van der Waals surface area (Å²) in [7, 11) is 3.76. The van der Waals surface area contributed by atoms with Gasteiger partial charge in [-0.25, -0.2) is 4.98 Å². The van der Waals surface area contributed by atoms with Crippen molar-refractivity contribution in [2.75, 3.05) is 45.7 Å². The summed E-state index contributed by atoms with van der Waals surface area (Å²) in [5.41, 5.74) is 0. The fourth-order valence-corrected chi connectivity index (χ4v) is 2.21. The van der Waals surface area contributed by atoms with Gasteiger partial charge in [0.2, 0.25) is 11.8 Å². The molecule has 1 aliphatic heterocycles. The lowest BCUT2D eigenvalue weighted by molar-refractivity contribution is 0.0125. The van der Waals surface area contributed by atoms with Gasteiger partial charge in [0.05, 0.1) is 13.2 Å². The number of nitrogens with zero attached hydrogens (tertiary/aromatic N) is 3. The van der Waals surface area contributed by atoms with Crippen molar-refractivity contribution in [2.24, 2.45) is 0 Å². The second kappa shape index (κ2) is 8.01. The number of rotatable bonds is 7. The highest BCUT2D eigenvalue weighted by molar-refractivity contribution is 5.26. The number of aromatic nitrogens is 2. The van der Waals surface area contributed by atoms with Gasteiger partial charge >= 0.3 is 0 Å². The van der Waals surface area contributed by atoms with Gasteiger partial charge in [-0.05, 0) is 26.3 Å². The molecule has 112 valence electrons. The van der Waals surface area contributed by atoms with E-state index in [2.05, 4.69) is 27.2 Å². The van der Waals surface area contributed by atoms with Crippen molar-refractivity contribution >= 4 is 5.95 Å². The average Bonchev–Trinajstić information content (AvgIpc) is 2.49. The lowest BCUT2D eigenvalue weighted by atomic mass is 10.1. The predicted octanol–water partition coefficient (Wildman–Crippen LogP) is 1.40. The van der Waals surface area contributed by atoms with Gasteiger partial charge in [0.25, 0.3) is 0 Å². The van der Waals surface area contributed by atoms with Gasteiger partial charge in [-0.3, -0.25) is 0 Å². The lowest BCUT2D eigenvalue weighted by Gasteiger charge is -2.28. The first kappa shape index (κ1) is 15.0. The largest absolute Gasteiger partial charge is 0.481 e. The molecule has 0 atom stereocenters. The van der Waals surface area contributed by atoms with Crippen molar-refractivity contribution in [2.45, 2.75) is 25.4 Å². The van der Waals surface area contributed by atoms with Crippen LogP contribution in [0.3, 0.4) is 0 Å². The van der Waals surface area contributed by atoms with Crippen LogP contribution in [0.5, 0.6) is 5.88 Å². The van der Waals surface area contributed by atoms with Crippen LogP contribution in [0.15, 0.2) is 12.3 Å². The van der Waals surface area contributed by atoms with E-state index in [9.17, 15) is 0 Å². The molecule has 0 aliphatic carbocycles. The maximum absolute atomic E-state index is 5.88. The number of likely N-dealkylation sites (tertiary alicyclic amines) is 1. The van der Waals surface area contributed by atoms with Crippen LogP contribution in [0.25, 0.3) is 0 Å². The van der Waals surface area contributed by atoms with Gasteiger partial charge in [-0.15, -0.1) is 0 Å². The average molecular weight is 280 g/mol. The molecule has 0 saturated carbocycles. The van der Waals surface area contributed by atoms with Gasteiger partial charge in [-0.2, -0.15) is 4.98 Å². The Kier molecular flexibility index (Phi) is 6.01. The van der Waals surface area contributed by atoms with Crippen LogP contribution in [0.2, 0.25) is 0 Å². The molecule has 0 unspecified atom stereocenters. The molecule has 1 fully saturated rings. The first-order valence-corrected chi connectivity index (χ1v) is 7.19. The quantitative estimate of drug-likeness (QED) is 0.762. The first-order chi connectivity index (χ1) is 9.78. The number of ether oxygens (including phenoxy) is 2. The van der Waals surface area contributed by atoms with E-state index in [1.54, 1.807) is 19.4 Å². The van der Waals surface area contributed by atoms with E-state index in [4.69, 9.17) is 9.47 Å². The lowest BCUT2D eigenvalue weighted by Crippen LogP contribution is -2.34. The van der Waals surface area contributed by atoms with Crippen molar-refractivity contribution in [1.82, 2.24) is 14.9 Å². The molecule has 0 bridgehead atoms. The second-order valence-electron chi connectivity index (χ2n) is 5.08. The third-order valence-corrected chi connectivity index (χ3v) is 3.46. The predicted molar refractivity (Wildman–Crippen MR) is 78.2 cm³/mol. The number of hydrogen-bond acceptors (Lipinski definition) is 6. The van der Waals surface area contributed by atoms with E-state index in [1.807, 2.05) is 0 Å². The molecule has 1 N–H and O–H groups in total. The highest BCUT2D eigenvalue weighted by Crippen LogP contribution is 2.12. The first-order valence-electron chi connectivity index (χ1n) is 7.19. The summed E-state index contributed by atoms with van der Waals surface area (Å²) in [5, 5.41) is 3.17. The zero-order chi connectivity index (χ0) is 14.2. The van der Waals surface area contributed by atoms with E-state index in [-0.39, 0.29) is 0 Å². The standard InChI is InChI=1S/C14H24N4O2/c1-18-9-5-12(6-10-18)20-11-3-7-15-14-16-8-4-13(17-14)19-2/h4,8,12H,3,5-7,9-11H2,1-2H3,(H,15,16,17). The molecule has 0 aromatic carbocycles. The van der Waals surface area contributed by atoms with E-state index >= 15 is 0 Å². The van der Waals surface area contributed by atoms with Crippen molar-refractivity contribution in [3.63, 3.8) is 0 Å². The van der Waals surface area contributed by atoms with Crippen LogP contribution < -0.4 is 10.1 Å². The van der Waals surface area contributed by atoms with Crippen LogP contribution in [0, 0.1) is 0 Å². The fourth-order valence-electron chi connectivity index (χ4n) is 2.21. The van der Waals surface area contributed by atoms with Gasteiger partial charge < -0.3 is 19.7 Å². The highest BCUT2D eigenvalue weighted by atomic mass is 16.5. The Balaban J connectivity index is 1.57. The molecule has 1 saturated heterocycles. The van der Waals surface area contributed by atoms with Crippen LogP contribution in [0.4, 0.5) is 5.95 Å². The van der Waals surface area contributed by atoms with Crippen molar-refractivity contribution in [1.29, 1.82) is 0 Å². The molecule has 20 heavy (non-hydrogen) atoms. The number of nitrogens with one attached hydrogen (secondary N) is 1. The summed E-state index contributed by atoms with van der Waals surface area (Å²) < 4.78 is 10.9. The highest BCUT2D eigenvalue weighted by Gasteiger charge is 2.16. The minimum absolute atomic E-state index is 0.430. The van der Waals surface area contributed by atoms with Crippen LogP contribution >= 0.6 is 0 Å². The Bertz CT molecular complexity index is 395. The van der Waals surface area contributed by atoms with Crippen molar-refractivity contribution < 1.29 is 9.47 Å². The molecule has 1 aliphatic rings. The van der Waals surface area contributed by atoms with Crippen molar-refractivity contribution in [3.05, 3.63) is 12.3 Å². The number of anilines is 1. The van der Waals surface area contributed by atoms with Crippen LogP contribution in [-0.2, 0) is 4.74 Å². The monoisotopic (exact) mass is 280 g/mol. The van der Waals surface area contributed by atoms with Gasteiger partial charge in [0, 0.05) is 38.5 Å². The van der Waals surface area contributed by atoms with E-state index in [1.165, 1.54) is 0 Å². The molecule has 0 radical (unpaired) electrons. The maximum Gasteiger partial charge on any atom is 0.225 e. The number of piperidine rings is 1. The number of methoxy groups -OCH3 is 1. The van der Waals surface area contributed by atoms with Gasteiger partial charge in [-0.1, -0.05) is 0 Å². The second-order valence-corrected chi connectivity index (χ2v) is 5.08. The zero-order valence-electron chi connectivity index (χ0n) is 12.3. The molecular weight excluding hydrogens is 256 g/mol. The molecule has 0 amide bonds. The smallest absolute Gasteiger partial charge is 0.225 e. The molecule has 1 aromatic heterocycles. The molecule has 0 spiro atoms. The topological polar surface area (TPSA) is 59.5 Å². The van der Waals surface area contributed by atoms with Crippen LogP contribution in [0.1, 0.15) is 19.3 Å². The third-order valence-electron chi connectivity index (χ3n) is 3.46. The van der Waals surface area contributed by atoms with E-state index in [0.717, 1.165) is 45.5 Å². The summed E-state index contributed by atoms with van der Waals surface area (Å²) in [4.78, 5) is 10.7. The Labute approximate surface area is 120 Å². The zero-order valence-corrected chi connectivity index (χ0v) is 12.3. The summed E-state index contributed by atoms with van der Waals surface area (Å²) in [6, 6.07) is 1.73. The minimum Gasteiger partial charge on any atom is -0.481 e. The summed E-state index contributed by atoms with van der Waals surface area (Å²) >= 11 is 0. The Hall–Kier alpha value is -1.40. The number of hydrogen-bond donors (Lipinski definition) is 1. The molecule has 6 nitrogen and oxygen atoms in total. The maximum atomic E-state index is 5.88. The SMILES string of the molecule is COc1ccnc(NCCCOC2CCN(C)CC2)n1. The Morgan fingerprint density at radius 3 is 2.95 bits per heavy atom. The summed E-state index contributed by atoms with van der Waals surface area (Å²) in [5.74, 6) is 1.17. The summed E-state index contributed by atoms with van der Waals surface area (Å²) in [6.07, 6.45) is 5.35. The van der Waals surface area contributed by atoms with Gasteiger partial charge in [0.15, 0.2) is 0 Å². The molecule has 1 aromatic rings. The molecule has 2 rings (SSSR count). The molecule has 2 heterocycles. The van der Waals surface area contributed by atoms with E-state index < -0.39 is 0 Å². The normalized spacial score (nSPS) is 17.1. The molecule has 6 heteroatoms. The Morgan fingerprint density at radius 1 is 1.40 bits per heavy atom. The fraction of sp³-hybridized carbons (Fsp3) is 0.714. The summed E-state index contributed by atoms with van der Waals surface area (Å²) in [6.45, 7) is 3.87. The third kappa shape index (κ3) is 4.94. The molecular formula is C14H24N4O2. The van der Waals surface area contributed by atoms with Gasteiger partial charge in [0.1, 0.15) is 0 Å². The van der Waals surface area contributed by atoms with Crippen molar-refractivity contribution in [3.8, 4) is 5.88 Å². The van der Waals surface area contributed by atoms with E-state index in [0.29, 0.717) is 17.9 Å².